The minimum atomic E-state index is -0.254. The Balaban J connectivity index is 1.92. The van der Waals surface area contributed by atoms with E-state index in [2.05, 4.69) is 16.9 Å². The van der Waals surface area contributed by atoms with E-state index < -0.39 is 0 Å². The lowest BCUT2D eigenvalue weighted by atomic mass is 10.1. The molecule has 0 aliphatic rings. The SMILES string of the molecule is C=CCOc1cc(C(=O)Nc2ncc(C)s2)cc2occc12. The molecule has 1 N–H and O–H groups in total. The van der Waals surface area contributed by atoms with Gasteiger partial charge in [-0.05, 0) is 25.1 Å². The lowest BCUT2D eigenvalue weighted by Crippen LogP contribution is -2.11. The molecule has 0 atom stereocenters. The van der Waals surface area contributed by atoms with Crippen molar-refractivity contribution in [2.45, 2.75) is 6.92 Å². The Kier molecular flexibility index (Phi) is 3.93. The minimum absolute atomic E-state index is 0.254. The topological polar surface area (TPSA) is 64.4 Å². The van der Waals surface area contributed by atoms with E-state index in [1.165, 1.54) is 11.3 Å². The summed E-state index contributed by atoms with van der Waals surface area (Å²) < 4.78 is 11.0. The van der Waals surface area contributed by atoms with Gasteiger partial charge in [0.2, 0.25) is 0 Å². The lowest BCUT2D eigenvalue weighted by Gasteiger charge is -2.07. The van der Waals surface area contributed by atoms with Crippen LogP contribution in [0.1, 0.15) is 15.2 Å². The highest BCUT2D eigenvalue weighted by Crippen LogP contribution is 2.29. The molecule has 5 nitrogen and oxygen atoms in total. The molecule has 0 bridgehead atoms. The average Bonchev–Trinajstić information content (AvgIpc) is 3.13. The largest absolute Gasteiger partial charge is 0.489 e. The van der Waals surface area contributed by atoms with Gasteiger partial charge >= 0.3 is 0 Å². The van der Waals surface area contributed by atoms with Gasteiger partial charge in [0, 0.05) is 16.6 Å². The van der Waals surface area contributed by atoms with Gasteiger partial charge in [0.1, 0.15) is 17.9 Å². The van der Waals surface area contributed by atoms with Crippen molar-refractivity contribution in [1.29, 1.82) is 0 Å². The number of aromatic nitrogens is 1. The maximum absolute atomic E-state index is 12.4. The Bertz CT molecular complexity index is 835. The standard InChI is InChI=1S/C16H14N2O3S/c1-3-5-20-13-7-11(8-14-12(13)4-6-21-14)15(19)18-16-17-9-10(2)22-16/h3-4,6-9H,1,5H2,2H3,(H,17,18,19). The van der Waals surface area contributed by atoms with E-state index in [0.717, 1.165) is 10.3 Å². The molecule has 0 radical (unpaired) electrons. The van der Waals surface area contributed by atoms with Crippen LogP contribution >= 0.6 is 11.3 Å². The summed E-state index contributed by atoms with van der Waals surface area (Å²) in [6, 6.07) is 5.18. The fraction of sp³-hybridized carbons (Fsp3) is 0.125. The van der Waals surface area contributed by atoms with E-state index in [1.54, 1.807) is 36.7 Å². The third-order valence-electron chi connectivity index (χ3n) is 2.99. The number of rotatable bonds is 5. The molecule has 3 rings (SSSR count). The van der Waals surface area contributed by atoms with Crippen LogP contribution in [0.5, 0.6) is 5.75 Å². The van der Waals surface area contributed by atoms with Gasteiger partial charge < -0.3 is 9.15 Å². The molecule has 1 amide bonds. The number of amides is 1. The number of carbonyl (C=O) groups excluding carboxylic acids is 1. The molecule has 1 aromatic carbocycles. The quantitative estimate of drug-likeness (QED) is 0.723. The zero-order valence-corrected chi connectivity index (χ0v) is 12.8. The number of thiazole rings is 1. The third kappa shape index (κ3) is 2.87. The monoisotopic (exact) mass is 314 g/mol. The van der Waals surface area contributed by atoms with Crippen LogP contribution in [0.25, 0.3) is 11.0 Å². The van der Waals surface area contributed by atoms with E-state index in [9.17, 15) is 4.79 Å². The van der Waals surface area contributed by atoms with Crippen LogP contribution in [0.2, 0.25) is 0 Å². The zero-order chi connectivity index (χ0) is 15.5. The number of hydrogen-bond acceptors (Lipinski definition) is 5. The van der Waals surface area contributed by atoms with Gasteiger partial charge in [-0.25, -0.2) is 4.98 Å². The second-order valence-corrected chi connectivity index (χ2v) is 5.87. The summed E-state index contributed by atoms with van der Waals surface area (Å²) in [5, 5.41) is 4.16. The molecule has 0 spiro atoms. The maximum Gasteiger partial charge on any atom is 0.257 e. The first-order valence-electron chi connectivity index (χ1n) is 6.66. The van der Waals surface area contributed by atoms with E-state index in [1.807, 2.05) is 6.92 Å². The second kappa shape index (κ2) is 6.03. The number of nitrogens with one attached hydrogen (secondary N) is 1. The van der Waals surface area contributed by atoms with Crippen molar-refractivity contribution < 1.29 is 13.9 Å². The molecule has 6 heteroatoms. The highest BCUT2D eigenvalue weighted by Gasteiger charge is 2.14. The molecule has 3 aromatic rings. The summed E-state index contributed by atoms with van der Waals surface area (Å²) in [4.78, 5) is 17.5. The van der Waals surface area contributed by atoms with Crippen molar-refractivity contribution in [3.8, 4) is 5.75 Å². The lowest BCUT2D eigenvalue weighted by molar-refractivity contribution is 0.102. The van der Waals surface area contributed by atoms with Crippen LogP contribution in [0, 0.1) is 6.92 Å². The molecule has 22 heavy (non-hydrogen) atoms. The summed E-state index contributed by atoms with van der Waals surface area (Å²) in [5.74, 6) is 0.336. The number of fused-ring (bicyclic) bond motifs is 1. The molecule has 2 heterocycles. The number of anilines is 1. The molecule has 2 aromatic heterocycles. The number of furan rings is 1. The number of hydrogen-bond donors (Lipinski definition) is 1. The zero-order valence-electron chi connectivity index (χ0n) is 12.0. The number of benzene rings is 1. The Labute approximate surface area is 131 Å². The molecule has 0 fully saturated rings. The van der Waals surface area contributed by atoms with Crippen LogP contribution in [-0.2, 0) is 0 Å². The van der Waals surface area contributed by atoms with Crippen LogP contribution < -0.4 is 10.1 Å². The number of ether oxygens (including phenoxy) is 1. The molecule has 0 saturated carbocycles. The van der Waals surface area contributed by atoms with Crippen molar-refractivity contribution >= 4 is 33.3 Å². The molecule has 0 aliphatic heterocycles. The molecule has 0 aliphatic carbocycles. The normalized spacial score (nSPS) is 10.6. The first-order valence-corrected chi connectivity index (χ1v) is 7.48. The molecule has 0 saturated heterocycles. The van der Waals surface area contributed by atoms with Crippen molar-refractivity contribution in [2.75, 3.05) is 11.9 Å². The molecule has 112 valence electrons. The van der Waals surface area contributed by atoms with Crippen molar-refractivity contribution in [3.05, 3.63) is 53.8 Å². The van der Waals surface area contributed by atoms with E-state index >= 15 is 0 Å². The number of nitrogens with zero attached hydrogens (tertiary/aromatic N) is 1. The van der Waals surface area contributed by atoms with Crippen molar-refractivity contribution in [3.63, 3.8) is 0 Å². The van der Waals surface area contributed by atoms with Gasteiger partial charge in [0.25, 0.3) is 5.91 Å². The molecular weight excluding hydrogens is 300 g/mol. The highest BCUT2D eigenvalue weighted by atomic mass is 32.1. The predicted octanol–water partition coefficient (Wildman–Crippen LogP) is 4.01. The smallest absolute Gasteiger partial charge is 0.257 e. The number of carbonyl (C=O) groups is 1. The maximum atomic E-state index is 12.4. The average molecular weight is 314 g/mol. The summed E-state index contributed by atoms with van der Waals surface area (Å²) in [5.41, 5.74) is 1.05. The van der Waals surface area contributed by atoms with Crippen LogP contribution in [0.15, 0.2) is 47.7 Å². The van der Waals surface area contributed by atoms with Crippen molar-refractivity contribution in [2.24, 2.45) is 0 Å². The fourth-order valence-electron chi connectivity index (χ4n) is 2.02. The molecule has 0 unspecified atom stereocenters. The Morgan fingerprint density at radius 2 is 2.41 bits per heavy atom. The van der Waals surface area contributed by atoms with Gasteiger partial charge in [-0.3, -0.25) is 10.1 Å². The first kappa shape index (κ1) is 14.3. The van der Waals surface area contributed by atoms with Gasteiger partial charge in [-0.2, -0.15) is 0 Å². The third-order valence-corrected chi connectivity index (χ3v) is 3.82. The highest BCUT2D eigenvalue weighted by molar-refractivity contribution is 7.15. The second-order valence-electron chi connectivity index (χ2n) is 4.64. The summed E-state index contributed by atoms with van der Waals surface area (Å²) in [6.07, 6.45) is 4.93. The van der Waals surface area contributed by atoms with E-state index in [-0.39, 0.29) is 5.91 Å². The number of aryl methyl sites for hydroxylation is 1. The van der Waals surface area contributed by atoms with Gasteiger partial charge in [-0.1, -0.05) is 12.7 Å². The molecular formula is C16H14N2O3S. The first-order chi connectivity index (χ1) is 10.7. The van der Waals surface area contributed by atoms with Crippen LogP contribution in [-0.4, -0.2) is 17.5 Å². The Hall–Kier alpha value is -2.60. The van der Waals surface area contributed by atoms with Gasteiger partial charge in [-0.15, -0.1) is 11.3 Å². The Morgan fingerprint density at radius 1 is 1.55 bits per heavy atom. The summed E-state index contributed by atoms with van der Waals surface area (Å²) in [6.45, 7) is 5.92. The van der Waals surface area contributed by atoms with Crippen molar-refractivity contribution in [1.82, 2.24) is 4.98 Å². The van der Waals surface area contributed by atoms with E-state index in [0.29, 0.717) is 28.6 Å². The fourth-order valence-corrected chi connectivity index (χ4v) is 2.68. The van der Waals surface area contributed by atoms with E-state index in [4.69, 9.17) is 9.15 Å². The van der Waals surface area contributed by atoms with Crippen LogP contribution in [0.4, 0.5) is 5.13 Å². The summed E-state index contributed by atoms with van der Waals surface area (Å²) >= 11 is 1.42. The Morgan fingerprint density at radius 3 is 3.14 bits per heavy atom. The minimum Gasteiger partial charge on any atom is -0.489 e. The predicted molar refractivity (Wildman–Crippen MR) is 86.7 cm³/mol. The van der Waals surface area contributed by atoms with Gasteiger partial charge in [0.15, 0.2) is 5.13 Å². The summed E-state index contributed by atoms with van der Waals surface area (Å²) in [7, 11) is 0. The van der Waals surface area contributed by atoms with Gasteiger partial charge in [0.05, 0.1) is 11.6 Å². The van der Waals surface area contributed by atoms with Crippen LogP contribution in [0.3, 0.4) is 0 Å².